The third kappa shape index (κ3) is 6.37. The molecule has 0 amide bonds. The van der Waals surface area contributed by atoms with E-state index in [0.717, 1.165) is 36.0 Å². The minimum atomic E-state index is 0. The molecule has 1 N–H and O–H groups in total. The van der Waals surface area contributed by atoms with Gasteiger partial charge >= 0.3 is 0 Å². The topological polar surface area (TPSA) is 46.8 Å². The Morgan fingerprint density at radius 2 is 1.96 bits per heavy atom. The van der Waals surface area contributed by atoms with Crippen LogP contribution in [0.5, 0.6) is 5.75 Å². The Bertz CT molecular complexity index is 578. The second-order valence-corrected chi connectivity index (χ2v) is 5.47. The van der Waals surface area contributed by atoms with Gasteiger partial charge < -0.3 is 14.5 Å². The predicted molar refractivity (Wildman–Crippen MR) is 98.0 cm³/mol. The van der Waals surface area contributed by atoms with E-state index in [1.807, 2.05) is 43.3 Å². The number of furan rings is 1. The van der Waals surface area contributed by atoms with E-state index < -0.39 is 0 Å². The number of hydrogen-bond donors (Lipinski definition) is 1. The van der Waals surface area contributed by atoms with Gasteiger partial charge in [-0.1, -0.05) is 13.8 Å². The zero-order chi connectivity index (χ0) is 15.8. The first-order valence-electron chi connectivity index (χ1n) is 7.77. The summed E-state index contributed by atoms with van der Waals surface area (Å²) in [5.74, 6) is 3.00. The van der Waals surface area contributed by atoms with Crippen molar-refractivity contribution in [3.63, 3.8) is 0 Å². The first-order valence-corrected chi connectivity index (χ1v) is 7.77. The van der Waals surface area contributed by atoms with E-state index in [2.05, 4.69) is 24.2 Å². The van der Waals surface area contributed by atoms with Crippen LogP contribution in [-0.4, -0.2) is 19.0 Å². The van der Waals surface area contributed by atoms with Gasteiger partial charge in [-0.2, -0.15) is 0 Å². The standard InChI is InChI=1S/C18H24N2O2.ClH/c1-4-21-16-9-7-15(8-10-16)20-18(17-6-5-13-22-17)19-12-11-14(2)3;/h5-10,13-14H,4,11-12H2,1-3H3,(H,19,20);1H. The van der Waals surface area contributed by atoms with Crippen molar-refractivity contribution >= 4 is 23.9 Å². The summed E-state index contributed by atoms with van der Waals surface area (Å²) in [7, 11) is 0. The van der Waals surface area contributed by atoms with Gasteiger partial charge in [-0.15, -0.1) is 12.4 Å². The van der Waals surface area contributed by atoms with Crippen molar-refractivity contribution < 1.29 is 9.15 Å². The average molecular weight is 337 g/mol. The molecule has 0 bridgehead atoms. The van der Waals surface area contributed by atoms with Crippen LogP contribution in [-0.2, 0) is 0 Å². The van der Waals surface area contributed by atoms with E-state index in [1.54, 1.807) is 6.26 Å². The van der Waals surface area contributed by atoms with Crippen molar-refractivity contribution in [2.75, 3.05) is 18.5 Å². The fourth-order valence-corrected chi connectivity index (χ4v) is 1.96. The first-order chi connectivity index (χ1) is 10.7. The molecule has 0 aliphatic carbocycles. The lowest BCUT2D eigenvalue weighted by Gasteiger charge is -2.10. The van der Waals surface area contributed by atoms with E-state index in [4.69, 9.17) is 9.15 Å². The molecular weight excluding hydrogens is 312 g/mol. The molecule has 1 heterocycles. The molecule has 1 aromatic heterocycles. The van der Waals surface area contributed by atoms with Crippen LogP contribution in [0, 0.1) is 5.92 Å². The first kappa shape index (κ1) is 19.1. The van der Waals surface area contributed by atoms with Crippen molar-refractivity contribution in [1.29, 1.82) is 0 Å². The summed E-state index contributed by atoms with van der Waals surface area (Å²) >= 11 is 0. The molecule has 1 aromatic carbocycles. The molecule has 0 radical (unpaired) electrons. The molecule has 5 heteroatoms. The second-order valence-electron chi connectivity index (χ2n) is 5.47. The van der Waals surface area contributed by atoms with E-state index in [-0.39, 0.29) is 12.4 Å². The van der Waals surface area contributed by atoms with Gasteiger partial charge in [-0.25, -0.2) is 0 Å². The summed E-state index contributed by atoms with van der Waals surface area (Å²) in [4.78, 5) is 4.64. The maximum atomic E-state index is 5.47. The largest absolute Gasteiger partial charge is 0.494 e. The van der Waals surface area contributed by atoms with Crippen molar-refractivity contribution in [2.45, 2.75) is 27.2 Å². The van der Waals surface area contributed by atoms with Crippen LogP contribution in [0.3, 0.4) is 0 Å². The third-order valence-corrected chi connectivity index (χ3v) is 3.16. The molecule has 126 valence electrons. The highest BCUT2D eigenvalue weighted by Gasteiger charge is 2.07. The molecule has 2 aromatic rings. The number of nitrogens with zero attached hydrogens (tertiary/aromatic N) is 1. The van der Waals surface area contributed by atoms with Crippen LogP contribution >= 0.6 is 12.4 Å². The Hall–Kier alpha value is -1.94. The van der Waals surface area contributed by atoms with Gasteiger partial charge in [0.05, 0.1) is 12.9 Å². The summed E-state index contributed by atoms with van der Waals surface area (Å²) in [5.41, 5.74) is 0.961. The molecule has 4 nitrogen and oxygen atoms in total. The van der Waals surface area contributed by atoms with E-state index >= 15 is 0 Å². The number of benzene rings is 1. The molecular formula is C18H25ClN2O2. The summed E-state index contributed by atoms with van der Waals surface area (Å²) in [6, 6.07) is 11.6. The quantitative estimate of drug-likeness (QED) is 0.571. The minimum Gasteiger partial charge on any atom is -0.494 e. The number of nitrogens with one attached hydrogen (secondary N) is 1. The summed E-state index contributed by atoms with van der Waals surface area (Å²) < 4.78 is 10.9. The Balaban J connectivity index is 0.00000264. The molecule has 0 atom stereocenters. The smallest absolute Gasteiger partial charge is 0.169 e. The maximum absolute atomic E-state index is 5.47. The second kappa shape index (κ2) is 9.95. The van der Waals surface area contributed by atoms with Crippen molar-refractivity contribution in [2.24, 2.45) is 10.9 Å². The van der Waals surface area contributed by atoms with Gasteiger partial charge in [-0.3, -0.25) is 4.99 Å². The third-order valence-electron chi connectivity index (χ3n) is 3.16. The van der Waals surface area contributed by atoms with Crippen molar-refractivity contribution in [3.05, 3.63) is 48.4 Å². The molecule has 0 spiro atoms. The molecule has 2 rings (SSSR count). The Morgan fingerprint density at radius 1 is 1.22 bits per heavy atom. The van der Waals surface area contributed by atoms with Gasteiger partial charge in [0.2, 0.25) is 0 Å². The lowest BCUT2D eigenvalue weighted by atomic mass is 10.1. The number of halogens is 1. The lowest BCUT2D eigenvalue weighted by Crippen LogP contribution is -2.14. The van der Waals surface area contributed by atoms with Gasteiger partial charge in [-0.05, 0) is 55.7 Å². The van der Waals surface area contributed by atoms with E-state index in [0.29, 0.717) is 12.5 Å². The van der Waals surface area contributed by atoms with Crippen LogP contribution in [0.2, 0.25) is 0 Å². The predicted octanol–water partition coefficient (Wildman–Crippen LogP) is 5.00. The fourth-order valence-electron chi connectivity index (χ4n) is 1.96. The molecule has 0 saturated carbocycles. The maximum Gasteiger partial charge on any atom is 0.169 e. The van der Waals surface area contributed by atoms with Crippen LogP contribution in [0.4, 0.5) is 5.69 Å². The molecule has 0 saturated heterocycles. The minimum absolute atomic E-state index is 0. The van der Waals surface area contributed by atoms with Gasteiger partial charge in [0.25, 0.3) is 0 Å². The highest BCUT2D eigenvalue weighted by molar-refractivity contribution is 6.06. The number of amidine groups is 1. The lowest BCUT2D eigenvalue weighted by molar-refractivity contribution is 0.340. The Morgan fingerprint density at radius 3 is 2.52 bits per heavy atom. The Kier molecular flexibility index (Phi) is 8.27. The highest BCUT2D eigenvalue weighted by Crippen LogP contribution is 2.17. The highest BCUT2D eigenvalue weighted by atomic mass is 35.5. The molecule has 0 fully saturated rings. The van der Waals surface area contributed by atoms with Gasteiger partial charge in [0.15, 0.2) is 11.6 Å². The van der Waals surface area contributed by atoms with Crippen LogP contribution in [0.25, 0.3) is 0 Å². The molecule has 0 aliphatic heterocycles. The van der Waals surface area contributed by atoms with Crippen LogP contribution in [0.1, 0.15) is 33.0 Å². The van der Waals surface area contributed by atoms with Crippen molar-refractivity contribution in [3.8, 4) is 5.75 Å². The van der Waals surface area contributed by atoms with Gasteiger partial charge in [0.1, 0.15) is 5.75 Å². The van der Waals surface area contributed by atoms with E-state index in [9.17, 15) is 0 Å². The van der Waals surface area contributed by atoms with Crippen LogP contribution < -0.4 is 10.1 Å². The summed E-state index contributed by atoms with van der Waals surface area (Å²) in [6.45, 7) is 7.81. The number of ether oxygens (including phenoxy) is 1. The normalized spacial score (nSPS) is 11.2. The molecule has 23 heavy (non-hydrogen) atoms. The number of rotatable bonds is 7. The molecule has 0 aliphatic rings. The van der Waals surface area contributed by atoms with Crippen molar-refractivity contribution in [1.82, 2.24) is 0 Å². The zero-order valence-corrected chi connectivity index (χ0v) is 14.7. The van der Waals surface area contributed by atoms with E-state index in [1.165, 1.54) is 0 Å². The number of anilines is 1. The SMILES string of the molecule is CCOc1ccc(NC(=NCCC(C)C)c2ccco2)cc1.Cl. The summed E-state index contributed by atoms with van der Waals surface area (Å²) in [6.07, 6.45) is 2.71. The summed E-state index contributed by atoms with van der Waals surface area (Å²) in [5, 5.41) is 3.33. The number of aliphatic imine (C=N–C) groups is 1. The zero-order valence-electron chi connectivity index (χ0n) is 13.9. The fraction of sp³-hybridized carbons (Fsp3) is 0.389. The Labute approximate surface area is 144 Å². The monoisotopic (exact) mass is 336 g/mol. The molecule has 0 unspecified atom stereocenters. The average Bonchev–Trinajstić information content (AvgIpc) is 3.02. The number of hydrogen-bond acceptors (Lipinski definition) is 3. The van der Waals surface area contributed by atoms with Crippen LogP contribution in [0.15, 0.2) is 52.1 Å². The van der Waals surface area contributed by atoms with Gasteiger partial charge in [0, 0.05) is 12.2 Å².